The Morgan fingerprint density at radius 3 is 2.74 bits per heavy atom. The summed E-state index contributed by atoms with van der Waals surface area (Å²) in [6, 6.07) is 0. The van der Waals surface area contributed by atoms with E-state index < -0.39 is 0 Å². The molecule has 2 fully saturated rings. The van der Waals surface area contributed by atoms with Crippen LogP contribution >= 0.6 is 0 Å². The molecule has 1 saturated heterocycles. The minimum absolute atomic E-state index is 0.00540. The van der Waals surface area contributed by atoms with Gasteiger partial charge in [-0.25, -0.2) is 4.98 Å². The number of nitrogens with zero attached hydrogens (tertiary/aromatic N) is 5. The molecule has 1 saturated carbocycles. The first kappa shape index (κ1) is 14.4. The Labute approximate surface area is 134 Å². The summed E-state index contributed by atoms with van der Waals surface area (Å²) >= 11 is 0. The number of hydrogen-bond acceptors (Lipinski definition) is 6. The maximum absolute atomic E-state index is 11.9. The van der Waals surface area contributed by atoms with Gasteiger partial charge in [-0.3, -0.25) is 9.20 Å². The molecule has 7 heteroatoms. The van der Waals surface area contributed by atoms with Gasteiger partial charge in [-0.1, -0.05) is 0 Å². The van der Waals surface area contributed by atoms with Crippen LogP contribution in [0.3, 0.4) is 0 Å². The number of piperidine rings is 1. The predicted octanol–water partition coefficient (Wildman–Crippen LogP) is 1.78. The van der Waals surface area contributed by atoms with Gasteiger partial charge in [0.2, 0.25) is 5.65 Å². The standard InChI is InChI=1S/C16H21N5O2/c1-2-23-16(22)12-5-8-20(9-6-12)14-15-19-18-13(11-3-4-11)21(15)10-7-17-14/h7,10-12H,2-6,8-9H2,1H3. The molecule has 2 aromatic heterocycles. The fraction of sp³-hybridized carbons (Fsp3) is 0.625. The maximum atomic E-state index is 11.9. The Bertz CT molecular complexity index is 716. The number of carbonyl (C=O) groups excluding carboxylic acids is 1. The lowest BCUT2D eigenvalue weighted by Crippen LogP contribution is -2.37. The highest BCUT2D eigenvalue weighted by Gasteiger charge is 2.31. The number of ether oxygens (including phenoxy) is 1. The summed E-state index contributed by atoms with van der Waals surface area (Å²) in [6.45, 7) is 3.88. The Morgan fingerprint density at radius 1 is 1.26 bits per heavy atom. The van der Waals surface area contributed by atoms with Crippen LogP contribution in [-0.4, -0.2) is 45.2 Å². The van der Waals surface area contributed by atoms with Gasteiger partial charge in [-0.05, 0) is 32.6 Å². The second-order valence-corrected chi connectivity index (χ2v) is 6.29. The molecule has 3 heterocycles. The van der Waals surface area contributed by atoms with Crippen LogP contribution in [0.2, 0.25) is 0 Å². The number of aromatic nitrogens is 4. The fourth-order valence-electron chi connectivity index (χ4n) is 3.26. The molecule has 0 aromatic carbocycles. The first-order valence-electron chi connectivity index (χ1n) is 8.39. The van der Waals surface area contributed by atoms with Crippen molar-refractivity contribution in [2.75, 3.05) is 24.6 Å². The van der Waals surface area contributed by atoms with Crippen LogP contribution in [0.25, 0.3) is 5.65 Å². The molecule has 0 N–H and O–H groups in total. The van der Waals surface area contributed by atoms with Gasteiger partial charge in [-0.2, -0.15) is 0 Å². The number of carbonyl (C=O) groups is 1. The van der Waals surface area contributed by atoms with Crippen LogP contribution in [0.5, 0.6) is 0 Å². The highest BCUT2D eigenvalue weighted by atomic mass is 16.5. The highest BCUT2D eigenvalue weighted by Crippen LogP contribution is 2.39. The summed E-state index contributed by atoms with van der Waals surface area (Å²) < 4.78 is 7.20. The summed E-state index contributed by atoms with van der Waals surface area (Å²) in [5.74, 6) is 2.40. The van der Waals surface area contributed by atoms with Crippen molar-refractivity contribution < 1.29 is 9.53 Å². The second kappa shape index (κ2) is 5.79. The van der Waals surface area contributed by atoms with Crippen molar-refractivity contribution in [3.05, 3.63) is 18.2 Å². The average molecular weight is 315 g/mol. The van der Waals surface area contributed by atoms with Crippen LogP contribution in [0.15, 0.2) is 12.4 Å². The van der Waals surface area contributed by atoms with Gasteiger partial charge in [0.15, 0.2) is 5.82 Å². The first-order valence-corrected chi connectivity index (χ1v) is 8.39. The van der Waals surface area contributed by atoms with Gasteiger partial charge >= 0.3 is 5.97 Å². The molecular weight excluding hydrogens is 294 g/mol. The van der Waals surface area contributed by atoms with E-state index in [4.69, 9.17) is 4.74 Å². The first-order chi connectivity index (χ1) is 11.3. The smallest absolute Gasteiger partial charge is 0.309 e. The van der Waals surface area contributed by atoms with Gasteiger partial charge in [0.25, 0.3) is 0 Å². The molecule has 1 aliphatic heterocycles. The monoisotopic (exact) mass is 315 g/mol. The maximum Gasteiger partial charge on any atom is 0.309 e. The third-order valence-corrected chi connectivity index (χ3v) is 4.69. The zero-order valence-electron chi connectivity index (χ0n) is 13.3. The van der Waals surface area contributed by atoms with Crippen molar-refractivity contribution in [1.82, 2.24) is 19.6 Å². The molecular formula is C16H21N5O2. The summed E-state index contributed by atoms with van der Waals surface area (Å²) in [5.41, 5.74) is 0.823. The van der Waals surface area contributed by atoms with Gasteiger partial charge < -0.3 is 9.64 Å². The van der Waals surface area contributed by atoms with Crippen molar-refractivity contribution in [2.24, 2.45) is 5.92 Å². The van der Waals surface area contributed by atoms with E-state index in [0.717, 1.165) is 43.2 Å². The van der Waals surface area contributed by atoms with Gasteiger partial charge in [0.1, 0.15) is 5.82 Å². The quantitative estimate of drug-likeness (QED) is 0.801. The van der Waals surface area contributed by atoms with E-state index in [0.29, 0.717) is 12.5 Å². The molecule has 0 atom stereocenters. The van der Waals surface area contributed by atoms with E-state index in [2.05, 4.69) is 24.5 Å². The van der Waals surface area contributed by atoms with Crippen LogP contribution < -0.4 is 4.90 Å². The normalized spacial score (nSPS) is 19.3. The molecule has 7 nitrogen and oxygen atoms in total. The topological polar surface area (TPSA) is 72.6 Å². The molecule has 0 spiro atoms. The lowest BCUT2D eigenvalue weighted by Gasteiger charge is -2.31. The van der Waals surface area contributed by atoms with Crippen molar-refractivity contribution in [3.8, 4) is 0 Å². The lowest BCUT2D eigenvalue weighted by atomic mass is 9.97. The fourth-order valence-corrected chi connectivity index (χ4v) is 3.26. The minimum Gasteiger partial charge on any atom is -0.466 e. The van der Waals surface area contributed by atoms with Crippen molar-refractivity contribution >= 4 is 17.4 Å². The molecule has 0 radical (unpaired) electrons. The zero-order valence-corrected chi connectivity index (χ0v) is 13.3. The van der Waals surface area contributed by atoms with Crippen LogP contribution in [0, 0.1) is 5.92 Å². The molecule has 0 amide bonds. The van der Waals surface area contributed by atoms with Gasteiger partial charge in [-0.15, -0.1) is 10.2 Å². The molecule has 4 rings (SSSR count). The third kappa shape index (κ3) is 2.64. The van der Waals surface area contributed by atoms with E-state index in [1.54, 1.807) is 0 Å². The summed E-state index contributed by atoms with van der Waals surface area (Å²) in [4.78, 5) is 18.6. The predicted molar refractivity (Wildman–Crippen MR) is 84.3 cm³/mol. The number of anilines is 1. The van der Waals surface area contributed by atoms with Crippen molar-refractivity contribution in [1.29, 1.82) is 0 Å². The molecule has 0 unspecified atom stereocenters. The second-order valence-electron chi connectivity index (χ2n) is 6.29. The van der Waals surface area contributed by atoms with Crippen molar-refractivity contribution in [2.45, 2.75) is 38.5 Å². The zero-order chi connectivity index (χ0) is 15.8. The molecule has 122 valence electrons. The van der Waals surface area contributed by atoms with E-state index in [1.807, 2.05) is 19.3 Å². The van der Waals surface area contributed by atoms with Gasteiger partial charge in [0.05, 0.1) is 12.5 Å². The largest absolute Gasteiger partial charge is 0.466 e. The summed E-state index contributed by atoms with van der Waals surface area (Å²) in [7, 11) is 0. The highest BCUT2D eigenvalue weighted by molar-refractivity contribution is 5.73. The van der Waals surface area contributed by atoms with E-state index in [9.17, 15) is 4.79 Å². The number of rotatable bonds is 4. The Hall–Kier alpha value is -2.18. The SMILES string of the molecule is CCOC(=O)C1CCN(c2nccn3c(C4CC4)nnc23)CC1. The van der Waals surface area contributed by atoms with Crippen LogP contribution in [0.1, 0.15) is 44.3 Å². The summed E-state index contributed by atoms with van der Waals surface area (Å²) in [5, 5.41) is 8.71. The van der Waals surface area contributed by atoms with Crippen molar-refractivity contribution in [3.63, 3.8) is 0 Å². The minimum atomic E-state index is -0.0724. The van der Waals surface area contributed by atoms with E-state index in [-0.39, 0.29) is 11.9 Å². The van der Waals surface area contributed by atoms with E-state index >= 15 is 0 Å². The molecule has 0 bridgehead atoms. The number of esters is 1. The molecule has 23 heavy (non-hydrogen) atoms. The Kier molecular flexibility index (Phi) is 3.63. The number of fused-ring (bicyclic) bond motifs is 1. The summed E-state index contributed by atoms with van der Waals surface area (Å²) in [6.07, 6.45) is 7.75. The molecule has 2 aliphatic rings. The van der Waals surface area contributed by atoms with E-state index in [1.165, 1.54) is 12.8 Å². The Morgan fingerprint density at radius 2 is 2.04 bits per heavy atom. The third-order valence-electron chi connectivity index (χ3n) is 4.69. The average Bonchev–Trinajstić information content (AvgIpc) is 3.34. The number of hydrogen-bond donors (Lipinski definition) is 0. The Balaban J connectivity index is 1.53. The van der Waals surface area contributed by atoms with Crippen LogP contribution in [-0.2, 0) is 9.53 Å². The van der Waals surface area contributed by atoms with Gasteiger partial charge in [0, 0.05) is 31.4 Å². The molecule has 1 aliphatic carbocycles. The molecule has 2 aromatic rings. The van der Waals surface area contributed by atoms with Crippen LogP contribution in [0.4, 0.5) is 5.82 Å². The lowest BCUT2D eigenvalue weighted by molar-refractivity contribution is -0.148.